The first-order valence-corrected chi connectivity index (χ1v) is 11.2. The first-order valence-electron chi connectivity index (χ1n) is 9.31. The number of hydrogen-bond acceptors (Lipinski definition) is 5. The van der Waals surface area contributed by atoms with Gasteiger partial charge in [-0.1, -0.05) is 47.7 Å². The van der Waals surface area contributed by atoms with Crippen LogP contribution in [0.4, 0.5) is 4.39 Å². The number of benzene rings is 2. The van der Waals surface area contributed by atoms with Crippen molar-refractivity contribution in [2.45, 2.75) is 18.6 Å². The number of carbonyl (C=O) groups is 1. The summed E-state index contributed by atoms with van der Waals surface area (Å²) < 4.78 is 16.2. The van der Waals surface area contributed by atoms with Crippen LogP contribution < -0.4 is 5.32 Å². The third-order valence-electron chi connectivity index (χ3n) is 4.41. The highest BCUT2D eigenvalue weighted by Gasteiger charge is 2.19. The lowest BCUT2D eigenvalue weighted by atomic mass is 10.2. The average Bonchev–Trinajstić information content (AvgIpc) is 3.42. The number of carbonyl (C=O) groups excluding carboxylic acids is 1. The van der Waals surface area contributed by atoms with Crippen molar-refractivity contribution in [2.24, 2.45) is 0 Å². The van der Waals surface area contributed by atoms with Gasteiger partial charge < -0.3 is 5.32 Å². The third kappa shape index (κ3) is 4.60. The Balaban J connectivity index is 1.59. The second-order valence-electron chi connectivity index (χ2n) is 6.60. The predicted octanol–water partition coefficient (Wildman–Crippen LogP) is 4.85. The van der Waals surface area contributed by atoms with Crippen LogP contribution in [0.1, 0.15) is 10.4 Å². The lowest BCUT2D eigenvalue weighted by Gasteiger charge is -2.11. The lowest BCUT2D eigenvalue weighted by molar-refractivity contribution is -0.118. The number of thioether (sulfide) groups is 1. The fourth-order valence-electron chi connectivity index (χ4n) is 2.89. The third-order valence-corrected chi connectivity index (χ3v) is 6.22. The zero-order chi connectivity index (χ0) is 20.9. The van der Waals surface area contributed by atoms with Crippen molar-refractivity contribution < 1.29 is 9.18 Å². The Morgan fingerprint density at radius 3 is 2.63 bits per heavy atom. The minimum atomic E-state index is -0.372. The number of amides is 1. The number of hydrogen-bond donors (Lipinski definition) is 1. The molecule has 4 aromatic rings. The number of nitrogens with zero attached hydrogens (tertiary/aromatic N) is 3. The van der Waals surface area contributed by atoms with Gasteiger partial charge in [0.25, 0.3) is 0 Å². The predicted molar refractivity (Wildman–Crippen MR) is 118 cm³/mol. The van der Waals surface area contributed by atoms with Gasteiger partial charge in [-0.25, -0.2) is 4.39 Å². The quantitative estimate of drug-likeness (QED) is 0.419. The highest BCUT2D eigenvalue weighted by atomic mass is 32.2. The number of thiophene rings is 1. The molecule has 0 saturated heterocycles. The SMILES string of the molecule is Cc1ccc(-n2c(SCC(=O)NCc3cccs3)nnc2-c2ccccc2F)cc1. The Bertz CT molecular complexity index is 1140. The van der Waals surface area contributed by atoms with Gasteiger partial charge >= 0.3 is 0 Å². The van der Waals surface area contributed by atoms with Crippen molar-refractivity contribution in [2.75, 3.05) is 5.75 Å². The molecular weight excluding hydrogens is 419 g/mol. The fourth-order valence-corrected chi connectivity index (χ4v) is 4.31. The van der Waals surface area contributed by atoms with Crippen molar-refractivity contribution in [3.05, 3.63) is 82.3 Å². The van der Waals surface area contributed by atoms with Crippen LogP contribution in [0.25, 0.3) is 17.1 Å². The summed E-state index contributed by atoms with van der Waals surface area (Å²) in [7, 11) is 0. The van der Waals surface area contributed by atoms with Crippen molar-refractivity contribution in [3.8, 4) is 17.1 Å². The van der Waals surface area contributed by atoms with Gasteiger partial charge in [0.15, 0.2) is 11.0 Å². The molecule has 2 aromatic heterocycles. The zero-order valence-corrected chi connectivity index (χ0v) is 17.8. The Labute approximate surface area is 182 Å². The number of aryl methyl sites for hydroxylation is 1. The smallest absolute Gasteiger partial charge is 0.230 e. The molecule has 5 nitrogen and oxygen atoms in total. The standard InChI is InChI=1S/C22H19FN4OS2/c1-15-8-10-16(11-9-15)27-21(18-6-2-3-7-19(18)23)25-26-22(27)30-14-20(28)24-13-17-5-4-12-29-17/h2-12H,13-14H2,1H3,(H,24,28). The van der Waals surface area contributed by atoms with E-state index in [1.54, 1.807) is 34.1 Å². The highest BCUT2D eigenvalue weighted by molar-refractivity contribution is 7.99. The monoisotopic (exact) mass is 438 g/mol. The van der Waals surface area contributed by atoms with Crippen molar-refractivity contribution >= 4 is 29.0 Å². The minimum Gasteiger partial charge on any atom is -0.350 e. The van der Waals surface area contributed by atoms with Crippen LogP contribution in [0.5, 0.6) is 0 Å². The summed E-state index contributed by atoms with van der Waals surface area (Å²) in [5, 5.41) is 13.9. The molecule has 4 rings (SSSR count). The van der Waals surface area contributed by atoms with Gasteiger partial charge in [0.1, 0.15) is 5.82 Å². The lowest BCUT2D eigenvalue weighted by Crippen LogP contribution is -2.24. The van der Waals surface area contributed by atoms with E-state index < -0.39 is 0 Å². The molecular formula is C22H19FN4OS2. The van der Waals surface area contributed by atoms with Crippen LogP contribution >= 0.6 is 23.1 Å². The molecule has 0 spiro atoms. The van der Waals surface area contributed by atoms with Gasteiger partial charge in [0.05, 0.1) is 17.9 Å². The fraction of sp³-hybridized carbons (Fsp3) is 0.136. The molecule has 0 bridgehead atoms. The van der Waals surface area contributed by atoms with Gasteiger partial charge in [-0.2, -0.15) is 0 Å². The molecule has 1 N–H and O–H groups in total. The molecule has 30 heavy (non-hydrogen) atoms. The molecule has 0 aliphatic heterocycles. The Morgan fingerprint density at radius 2 is 1.90 bits per heavy atom. The van der Waals surface area contributed by atoms with E-state index in [0.29, 0.717) is 23.1 Å². The maximum absolute atomic E-state index is 14.4. The summed E-state index contributed by atoms with van der Waals surface area (Å²) in [5.41, 5.74) is 2.28. The second-order valence-corrected chi connectivity index (χ2v) is 8.58. The molecule has 0 atom stereocenters. The molecule has 8 heteroatoms. The molecule has 2 heterocycles. The molecule has 0 aliphatic carbocycles. The topological polar surface area (TPSA) is 59.8 Å². The van der Waals surface area contributed by atoms with E-state index in [-0.39, 0.29) is 17.5 Å². The molecule has 0 saturated carbocycles. The van der Waals surface area contributed by atoms with Crippen molar-refractivity contribution in [3.63, 3.8) is 0 Å². The van der Waals surface area contributed by atoms with Crippen LogP contribution in [0.2, 0.25) is 0 Å². The van der Waals surface area contributed by atoms with Crippen LogP contribution in [0, 0.1) is 12.7 Å². The molecule has 2 aromatic carbocycles. The van der Waals surface area contributed by atoms with E-state index in [4.69, 9.17) is 0 Å². The summed E-state index contributed by atoms with van der Waals surface area (Å²) in [6.45, 7) is 2.50. The molecule has 152 valence electrons. The van der Waals surface area contributed by atoms with Crippen LogP contribution in [0.3, 0.4) is 0 Å². The van der Waals surface area contributed by atoms with E-state index in [1.807, 2.05) is 48.7 Å². The zero-order valence-electron chi connectivity index (χ0n) is 16.2. The largest absolute Gasteiger partial charge is 0.350 e. The first kappa shape index (κ1) is 20.3. The molecule has 1 amide bonds. The molecule has 0 radical (unpaired) electrons. The van der Waals surface area contributed by atoms with Gasteiger partial charge in [-0.05, 0) is 42.6 Å². The van der Waals surface area contributed by atoms with E-state index >= 15 is 0 Å². The average molecular weight is 439 g/mol. The van der Waals surface area contributed by atoms with Gasteiger partial charge in [-0.15, -0.1) is 21.5 Å². The van der Waals surface area contributed by atoms with Gasteiger partial charge in [-0.3, -0.25) is 9.36 Å². The first-order chi connectivity index (χ1) is 14.6. The van der Waals surface area contributed by atoms with Gasteiger partial charge in [0, 0.05) is 10.6 Å². The Morgan fingerprint density at radius 1 is 1.10 bits per heavy atom. The van der Waals surface area contributed by atoms with E-state index in [9.17, 15) is 9.18 Å². The summed E-state index contributed by atoms with van der Waals surface area (Å²) in [6, 6.07) is 18.2. The summed E-state index contributed by atoms with van der Waals surface area (Å²) in [4.78, 5) is 13.4. The van der Waals surface area contributed by atoms with Crippen LogP contribution in [0.15, 0.2) is 71.2 Å². The Kier molecular flexibility index (Phi) is 6.25. The maximum Gasteiger partial charge on any atom is 0.230 e. The highest BCUT2D eigenvalue weighted by Crippen LogP contribution is 2.29. The molecule has 0 aliphatic rings. The Hall–Kier alpha value is -2.97. The maximum atomic E-state index is 14.4. The minimum absolute atomic E-state index is 0.0979. The number of aromatic nitrogens is 3. The molecule has 0 unspecified atom stereocenters. The van der Waals surface area contributed by atoms with E-state index in [2.05, 4.69) is 15.5 Å². The second kappa shape index (κ2) is 9.23. The summed E-state index contributed by atoms with van der Waals surface area (Å²) in [5.74, 6) is 0.119. The number of halogens is 1. The van der Waals surface area contributed by atoms with E-state index in [0.717, 1.165) is 16.1 Å². The van der Waals surface area contributed by atoms with Crippen LogP contribution in [-0.4, -0.2) is 26.4 Å². The van der Waals surface area contributed by atoms with Crippen molar-refractivity contribution in [1.29, 1.82) is 0 Å². The summed E-state index contributed by atoms with van der Waals surface area (Å²) in [6.07, 6.45) is 0. The molecule has 0 fully saturated rings. The summed E-state index contributed by atoms with van der Waals surface area (Å²) >= 11 is 2.87. The number of rotatable bonds is 7. The van der Waals surface area contributed by atoms with Gasteiger partial charge in [0.2, 0.25) is 5.91 Å². The normalized spacial score (nSPS) is 10.9. The van der Waals surface area contributed by atoms with E-state index in [1.165, 1.54) is 17.8 Å². The number of nitrogens with one attached hydrogen (secondary N) is 1. The van der Waals surface area contributed by atoms with Crippen LogP contribution in [-0.2, 0) is 11.3 Å². The van der Waals surface area contributed by atoms with Crippen molar-refractivity contribution in [1.82, 2.24) is 20.1 Å².